The van der Waals surface area contributed by atoms with Gasteiger partial charge in [-0.15, -0.1) is 0 Å². The summed E-state index contributed by atoms with van der Waals surface area (Å²) in [5.74, 6) is 0.900. The summed E-state index contributed by atoms with van der Waals surface area (Å²) in [5.41, 5.74) is 4.30. The summed E-state index contributed by atoms with van der Waals surface area (Å²) in [6, 6.07) is 16.0. The van der Waals surface area contributed by atoms with Crippen molar-refractivity contribution in [3.05, 3.63) is 72.5 Å². The Morgan fingerprint density at radius 1 is 1.14 bits per heavy atom. The lowest BCUT2D eigenvalue weighted by Crippen LogP contribution is -2.05. The van der Waals surface area contributed by atoms with Gasteiger partial charge >= 0.3 is 0 Å². The van der Waals surface area contributed by atoms with Crippen LogP contribution in [-0.2, 0) is 6.42 Å². The van der Waals surface area contributed by atoms with Crippen molar-refractivity contribution in [2.75, 3.05) is 0 Å². The Kier molecular flexibility index (Phi) is 2.79. The van der Waals surface area contributed by atoms with Crippen LogP contribution in [0.3, 0.4) is 0 Å². The second-order valence-electron chi connectivity index (χ2n) is 4.97. The summed E-state index contributed by atoms with van der Waals surface area (Å²) < 4.78 is 2.09. The minimum Gasteiger partial charge on any atom is -0.286 e. The summed E-state index contributed by atoms with van der Waals surface area (Å²) >= 11 is 0. The lowest BCUT2D eigenvalue weighted by molar-refractivity contribution is 0.857. The Morgan fingerprint density at radius 2 is 2.14 bits per heavy atom. The largest absolute Gasteiger partial charge is 0.286 e. The van der Waals surface area contributed by atoms with Crippen molar-refractivity contribution in [2.24, 2.45) is 0 Å². The number of nitrogens with zero attached hydrogens (tertiary/aromatic N) is 3. The lowest BCUT2D eigenvalue weighted by Gasteiger charge is -2.13. The first-order chi connectivity index (χ1) is 10.4. The van der Waals surface area contributed by atoms with E-state index in [9.17, 15) is 0 Å². The zero-order valence-electron chi connectivity index (χ0n) is 11.5. The zero-order chi connectivity index (χ0) is 14.1. The van der Waals surface area contributed by atoms with Crippen LogP contribution >= 0.6 is 0 Å². The molecule has 0 atom stereocenters. The molecule has 0 fully saturated rings. The number of pyridine rings is 1. The molecule has 0 saturated heterocycles. The van der Waals surface area contributed by atoms with E-state index in [4.69, 9.17) is 0 Å². The highest BCUT2D eigenvalue weighted by Crippen LogP contribution is 2.27. The van der Waals surface area contributed by atoms with E-state index in [0.29, 0.717) is 0 Å². The molecule has 0 unspecified atom stereocenters. The van der Waals surface area contributed by atoms with Crippen LogP contribution in [0.1, 0.15) is 17.8 Å². The van der Waals surface area contributed by atoms with E-state index in [1.165, 1.54) is 5.69 Å². The highest BCUT2D eigenvalue weighted by molar-refractivity contribution is 5.70. The molecule has 4 rings (SSSR count). The molecule has 2 aromatic heterocycles. The SMILES string of the molecule is c1cccc(-c2cccnc2-n2cnc3c2CCC=C3)c#1. The van der Waals surface area contributed by atoms with Crippen molar-refractivity contribution in [1.82, 2.24) is 14.5 Å². The minimum atomic E-state index is 0.900. The van der Waals surface area contributed by atoms with Crippen molar-refractivity contribution in [3.63, 3.8) is 0 Å². The Morgan fingerprint density at radius 3 is 3.05 bits per heavy atom. The molecule has 0 aliphatic heterocycles. The van der Waals surface area contributed by atoms with E-state index >= 15 is 0 Å². The molecule has 2 heterocycles. The Bertz CT molecular complexity index is 800. The van der Waals surface area contributed by atoms with Crippen LogP contribution in [0.5, 0.6) is 0 Å². The van der Waals surface area contributed by atoms with Gasteiger partial charge in [-0.2, -0.15) is 0 Å². The number of hydrogen-bond donors (Lipinski definition) is 0. The van der Waals surface area contributed by atoms with Crippen LogP contribution in [0.15, 0.2) is 48.9 Å². The van der Waals surface area contributed by atoms with E-state index < -0.39 is 0 Å². The van der Waals surface area contributed by atoms with Gasteiger partial charge in [-0.1, -0.05) is 24.3 Å². The molecule has 3 aromatic rings. The molecule has 1 aliphatic rings. The van der Waals surface area contributed by atoms with Crippen molar-refractivity contribution < 1.29 is 0 Å². The van der Waals surface area contributed by atoms with Gasteiger partial charge in [0.15, 0.2) is 0 Å². The fourth-order valence-corrected chi connectivity index (χ4v) is 2.68. The van der Waals surface area contributed by atoms with Crippen molar-refractivity contribution in [3.8, 4) is 16.9 Å². The third-order valence-electron chi connectivity index (χ3n) is 3.68. The van der Waals surface area contributed by atoms with Gasteiger partial charge in [-0.3, -0.25) is 4.57 Å². The van der Waals surface area contributed by atoms with Crippen molar-refractivity contribution in [2.45, 2.75) is 12.8 Å². The maximum Gasteiger partial charge on any atom is 0.146 e. The van der Waals surface area contributed by atoms with Gasteiger partial charge in [-0.25, -0.2) is 9.97 Å². The number of aromatic nitrogens is 3. The number of imidazole rings is 1. The third kappa shape index (κ3) is 2.02. The van der Waals surface area contributed by atoms with Gasteiger partial charge in [-0.05, 0) is 43.2 Å². The van der Waals surface area contributed by atoms with E-state index in [1.807, 2.05) is 36.8 Å². The monoisotopic (exact) mass is 271 g/mol. The summed E-state index contributed by atoms with van der Waals surface area (Å²) in [5, 5.41) is 0. The third-order valence-corrected chi connectivity index (χ3v) is 3.68. The van der Waals surface area contributed by atoms with E-state index in [1.54, 1.807) is 0 Å². The summed E-state index contributed by atoms with van der Waals surface area (Å²) in [7, 11) is 0. The van der Waals surface area contributed by atoms with Crippen LogP contribution in [0.4, 0.5) is 0 Å². The molecule has 0 bridgehead atoms. The van der Waals surface area contributed by atoms with Crippen molar-refractivity contribution >= 4 is 6.08 Å². The average molecular weight is 271 g/mol. The van der Waals surface area contributed by atoms with Crippen molar-refractivity contribution in [1.29, 1.82) is 0 Å². The minimum absolute atomic E-state index is 0.900. The average Bonchev–Trinajstić information content (AvgIpc) is 3.00. The normalized spacial score (nSPS) is 12.8. The Hall–Kier alpha value is -2.86. The van der Waals surface area contributed by atoms with Gasteiger partial charge < -0.3 is 0 Å². The number of allylic oxidation sites excluding steroid dienone is 1. The van der Waals surface area contributed by atoms with Gasteiger partial charge in [0, 0.05) is 17.3 Å². The first-order valence-corrected chi connectivity index (χ1v) is 7.00. The van der Waals surface area contributed by atoms with E-state index in [0.717, 1.165) is 35.5 Å². The second-order valence-corrected chi connectivity index (χ2v) is 4.97. The molecule has 3 nitrogen and oxygen atoms in total. The predicted octanol–water partition coefficient (Wildman–Crippen LogP) is 3.49. The molecule has 100 valence electrons. The Balaban J connectivity index is 1.91. The molecule has 0 saturated carbocycles. The standard InChI is InChI=1S/C18H13N3/c1-2-7-14(8-3-1)15-9-6-12-19-18(15)21-13-20-16-10-4-5-11-17(16)21/h1-2,4,6-7,9-10,12-13H,5,11H2. The highest BCUT2D eigenvalue weighted by atomic mass is 15.1. The summed E-state index contributed by atoms with van der Waals surface area (Å²) in [6.07, 6.45) is 9.97. The fourth-order valence-electron chi connectivity index (χ4n) is 2.68. The van der Waals surface area contributed by atoms with E-state index in [-0.39, 0.29) is 0 Å². The quantitative estimate of drug-likeness (QED) is 0.714. The van der Waals surface area contributed by atoms with E-state index in [2.05, 4.69) is 44.9 Å². The molecule has 0 amide bonds. The predicted molar refractivity (Wildman–Crippen MR) is 81.8 cm³/mol. The maximum absolute atomic E-state index is 4.57. The first-order valence-electron chi connectivity index (χ1n) is 7.00. The van der Waals surface area contributed by atoms with Crippen LogP contribution in [-0.4, -0.2) is 14.5 Å². The molecule has 21 heavy (non-hydrogen) atoms. The van der Waals surface area contributed by atoms with Gasteiger partial charge in [0.2, 0.25) is 0 Å². The number of rotatable bonds is 2. The molecule has 0 N–H and O–H groups in total. The molecular weight excluding hydrogens is 258 g/mol. The second kappa shape index (κ2) is 4.92. The molecule has 0 radical (unpaired) electrons. The molecular formula is C18H13N3. The van der Waals surface area contributed by atoms with Crippen LogP contribution in [0.2, 0.25) is 0 Å². The topological polar surface area (TPSA) is 30.7 Å². The summed E-state index contributed by atoms with van der Waals surface area (Å²) in [6.45, 7) is 0. The number of fused-ring (bicyclic) bond motifs is 1. The summed E-state index contributed by atoms with van der Waals surface area (Å²) in [4.78, 5) is 9.06. The van der Waals surface area contributed by atoms with Crippen LogP contribution < -0.4 is 0 Å². The van der Waals surface area contributed by atoms with Gasteiger partial charge in [0.05, 0.1) is 11.4 Å². The number of hydrogen-bond acceptors (Lipinski definition) is 2. The lowest BCUT2D eigenvalue weighted by atomic mass is 10.1. The molecule has 1 aliphatic carbocycles. The molecule has 3 heteroatoms. The fraction of sp³-hybridized carbons (Fsp3) is 0.111. The maximum atomic E-state index is 4.57. The smallest absolute Gasteiger partial charge is 0.146 e. The Labute approximate surface area is 123 Å². The molecule has 1 aromatic carbocycles. The van der Waals surface area contributed by atoms with Gasteiger partial charge in [0.25, 0.3) is 0 Å². The van der Waals surface area contributed by atoms with Gasteiger partial charge in [0.1, 0.15) is 12.1 Å². The van der Waals surface area contributed by atoms with Crippen LogP contribution in [0, 0.1) is 12.1 Å². The zero-order valence-corrected chi connectivity index (χ0v) is 11.5. The highest BCUT2D eigenvalue weighted by Gasteiger charge is 2.16. The first kappa shape index (κ1) is 11.9. The van der Waals surface area contributed by atoms with Crippen LogP contribution in [0.25, 0.3) is 23.0 Å². The molecule has 0 spiro atoms.